The van der Waals surface area contributed by atoms with Gasteiger partial charge in [0, 0.05) is 11.1 Å². The minimum absolute atomic E-state index is 0.0260. The summed E-state index contributed by atoms with van der Waals surface area (Å²) >= 11 is 0. The first-order valence-electron chi connectivity index (χ1n) is 4.79. The third-order valence-corrected chi connectivity index (χ3v) is 2.90. The molecule has 0 aliphatic carbocycles. The van der Waals surface area contributed by atoms with Crippen molar-refractivity contribution < 1.29 is 5.11 Å². The number of hydrogen-bond donors (Lipinski definition) is 1. The van der Waals surface area contributed by atoms with Crippen molar-refractivity contribution in [2.24, 2.45) is 0 Å². The molecule has 0 aromatic rings. The molecule has 2 heteroatoms. The van der Waals surface area contributed by atoms with Crippen molar-refractivity contribution in [1.29, 1.82) is 0 Å². The highest BCUT2D eigenvalue weighted by Gasteiger charge is 2.41. The molecule has 2 nitrogen and oxygen atoms in total. The molecule has 0 bridgehead atoms. The summed E-state index contributed by atoms with van der Waals surface area (Å²) in [7, 11) is 0. The number of aliphatic hydroxyl groups excluding tert-OH is 1. The Morgan fingerprint density at radius 1 is 1.42 bits per heavy atom. The molecule has 0 radical (unpaired) electrons. The van der Waals surface area contributed by atoms with E-state index in [-0.39, 0.29) is 17.7 Å². The average molecular weight is 171 g/mol. The van der Waals surface area contributed by atoms with Crippen LogP contribution in [0, 0.1) is 0 Å². The van der Waals surface area contributed by atoms with E-state index in [0.717, 1.165) is 13.0 Å². The Balaban J connectivity index is 2.77. The Kier molecular flexibility index (Phi) is 2.50. The Morgan fingerprint density at radius 2 is 2.00 bits per heavy atom. The fourth-order valence-corrected chi connectivity index (χ4v) is 2.33. The van der Waals surface area contributed by atoms with Gasteiger partial charge in [-0.25, -0.2) is 0 Å². The van der Waals surface area contributed by atoms with Crippen molar-refractivity contribution >= 4 is 0 Å². The van der Waals surface area contributed by atoms with E-state index in [0.29, 0.717) is 0 Å². The van der Waals surface area contributed by atoms with Crippen LogP contribution < -0.4 is 0 Å². The van der Waals surface area contributed by atoms with E-state index in [4.69, 9.17) is 0 Å². The third-order valence-electron chi connectivity index (χ3n) is 2.90. The molecule has 1 heterocycles. The van der Waals surface area contributed by atoms with Gasteiger partial charge in [-0.2, -0.15) is 0 Å². The predicted octanol–water partition coefficient (Wildman–Crippen LogP) is 1.63. The highest BCUT2D eigenvalue weighted by molar-refractivity contribution is 4.97. The molecule has 1 rings (SSSR count). The fraction of sp³-hybridized carbons (Fsp3) is 1.00. The summed E-state index contributed by atoms with van der Waals surface area (Å²) in [4.78, 5) is 2.42. The van der Waals surface area contributed by atoms with E-state index >= 15 is 0 Å². The molecule has 0 saturated carbocycles. The van der Waals surface area contributed by atoms with Crippen LogP contribution in [0.5, 0.6) is 0 Å². The second-order valence-electron chi connectivity index (χ2n) is 5.08. The summed E-state index contributed by atoms with van der Waals surface area (Å²) in [5, 5.41) is 9.32. The summed E-state index contributed by atoms with van der Waals surface area (Å²) in [5.41, 5.74) is 0.215. The number of likely N-dealkylation sites (tertiary alicyclic amines) is 1. The standard InChI is InChI=1S/C10H21NO/c1-9(2,3)11-7-5-6-10(11,4)8-12/h12H,5-8H2,1-4H3/t10-/m0/s1. The lowest BCUT2D eigenvalue weighted by molar-refractivity contribution is 0.0141. The van der Waals surface area contributed by atoms with Gasteiger partial charge >= 0.3 is 0 Å². The Morgan fingerprint density at radius 3 is 2.33 bits per heavy atom. The second kappa shape index (κ2) is 3.00. The Bertz CT molecular complexity index is 162. The molecule has 0 unspecified atom stereocenters. The summed E-state index contributed by atoms with van der Waals surface area (Å²) in [6, 6.07) is 0. The zero-order valence-electron chi connectivity index (χ0n) is 8.72. The smallest absolute Gasteiger partial charge is 0.0612 e. The molecule has 1 aliphatic heterocycles. The molecule has 1 aliphatic rings. The van der Waals surface area contributed by atoms with Crippen LogP contribution in [0.4, 0.5) is 0 Å². The second-order valence-corrected chi connectivity index (χ2v) is 5.08. The topological polar surface area (TPSA) is 23.5 Å². The first-order valence-corrected chi connectivity index (χ1v) is 4.79. The van der Waals surface area contributed by atoms with Gasteiger partial charge in [-0.3, -0.25) is 4.90 Å². The van der Waals surface area contributed by atoms with Gasteiger partial charge in [0.1, 0.15) is 0 Å². The monoisotopic (exact) mass is 171 g/mol. The SMILES string of the molecule is CC(C)(C)N1CCC[C@@]1(C)CO. The average Bonchev–Trinajstić information content (AvgIpc) is 2.31. The lowest BCUT2D eigenvalue weighted by Gasteiger charge is -2.43. The minimum Gasteiger partial charge on any atom is -0.394 e. The van der Waals surface area contributed by atoms with Gasteiger partial charge in [-0.15, -0.1) is 0 Å². The molecule has 1 fully saturated rings. The van der Waals surface area contributed by atoms with Gasteiger partial charge < -0.3 is 5.11 Å². The molecule has 1 saturated heterocycles. The number of rotatable bonds is 1. The number of hydrogen-bond acceptors (Lipinski definition) is 2. The quantitative estimate of drug-likeness (QED) is 0.648. The van der Waals surface area contributed by atoms with Crippen LogP contribution >= 0.6 is 0 Å². The van der Waals surface area contributed by atoms with E-state index < -0.39 is 0 Å². The molecule has 0 spiro atoms. The first kappa shape index (κ1) is 10.0. The molecular formula is C10H21NO. The van der Waals surface area contributed by atoms with Crippen molar-refractivity contribution in [2.45, 2.75) is 51.6 Å². The van der Waals surface area contributed by atoms with Gasteiger partial charge in [0.25, 0.3) is 0 Å². The van der Waals surface area contributed by atoms with Crippen LogP contribution in [-0.2, 0) is 0 Å². The summed E-state index contributed by atoms with van der Waals surface area (Å²) in [5.74, 6) is 0. The molecule has 0 amide bonds. The predicted molar refractivity (Wildman–Crippen MR) is 51.2 cm³/mol. The van der Waals surface area contributed by atoms with Gasteiger partial charge in [-0.05, 0) is 47.1 Å². The normalized spacial score (nSPS) is 32.8. The maximum absolute atomic E-state index is 9.32. The van der Waals surface area contributed by atoms with E-state index in [2.05, 4.69) is 32.6 Å². The van der Waals surface area contributed by atoms with Crippen LogP contribution in [0.25, 0.3) is 0 Å². The fourth-order valence-electron chi connectivity index (χ4n) is 2.33. The maximum atomic E-state index is 9.32. The Labute approximate surface area is 75.6 Å². The molecule has 12 heavy (non-hydrogen) atoms. The van der Waals surface area contributed by atoms with Crippen molar-refractivity contribution in [1.82, 2.24) is 4.90 Å². The number of aliphatic hydroxyl groups is 1. The highest BCUT2D eigenvalue weighted by atomic mass is 16.3. The van der Waals surface area contributed by atoms with Crippen molar-refractivity contribution in [3.63, 3.8) is 0 Å². The van der Waals surface area contributed by atoms with Gasteiger partial charge in [0.05, 0.1) is 6.61 Å². The Hall–Kier alpha value is -0.0800. The molecule has 1 atom stereocenters. The lowest BCUT2D eigenvalue weighted by atomic mass is 9.95. The third kappa shape index (κ3) is 1.64. The first-order chi connectivity index (χ1) is 5.40. The van der Waals surface area contributed by atoms with Gasteiger partial charge in [0.2, 0.25) is 0 Å². The van der Waals surface area contributed by atoms with E-state index in [1.165, 1.54) is 6.42 Å². The highest BCUT2D eigenvalue weighted by Crippen LogP contribution is 2.34. The van der Waals surface area contributed by atoms with Crippen LogP contribution in [0.2, 0.25) is 0 Å². The molecule has 1 N–H and O–H groups in total. The van der Waals surface area contributed by atoms with Crippen LogP contribution in [0.15, 0.2) is 0 Å². The van der Waals surface area contributed by atoms with Crippen LogP contribution in [0.1, 0.15) is 40.5 Å². The van der Waals surface area contributed by atoms with Gasteiger partial charge in [-0.1, -0.05) is 0 Å². The van der Waals surface area contributed by atoms with Crippen molar-refractivity contribution in [3.05, 3.63) is 0 Å². The van der Waals surface area contributed by atoms with E-state index in [1.807, 2.05) is 0 Å². The summed E-state index contributed by atoms with van der Waals surface area (Å²) in [6.45, 7) is 10.2. The largest absolute Gasteiger partial charge is 0.394 e. The summed E-state index contributed by atoms with van der Waals surface area (Å²) in [6.07, 6.45) is 2.34. The van der Waals surface area contributed by atoms with Crippen LogP contribution in [-0.4, -0.2) is 34.2 Å². The van der Waals surface area contributed by atoms with E-state index in [1.54, 1.807) is 0 Å². The van der Waals surface area contributed by atoms with Gasteiger partial charge in [0.15, 0.2) is 0 Å². The molecular weight excluding hydrogens is 150 g/mol. The molecule has 72 valence electrons. The lowest BCUT2D eigenvalue weighted by Crippen LogP contribution is -2.53. The maximum Gasteiger partial charge on any atom is 0.0612 e. The van der Waals surface area contributed by atoms with Crippen molar-refractivity contribution in [2.75, 3.05) is 13.2 Å². The van der Waals surface area contributed by atoms with E-state index in [9.17, 15) is 5.11 Å². The summed E-state index contributed by atoms with van der Waals surface area (Å²) < 4.78 is 0. The zero-order chi connectivity index (χ0) is 9.41. The molecule has 0 aromatic carbocycles. The number of nitrogens with zero attached hydrogens (tertiary/aromatic N) is 1. The molecule has 0 aromatic heterocycles. The van der Waals surface area contributed by atoms with Crippen LogP contribution in [0.3, 0.4) is 0 Å². The minimum atomic E-state index is 0.0260. The van der Waals surface area contributed by atoms with Crippen molar-refractivity contribution in [3.8, 4) is 0 Å². The zero-order valence-corrected chi connectivity index (χ0v) is 8.72.